The van der Waals surface area contributed by atoms with Crippen LogP contribution in [0, 0.1) is 5.41 Å². The van der Waals surface area contributed by atoms with Gasteiger partial charge in [0.25, 0.3) is 0 Å². The molecule has 1 unspecified atom stereocenters. The Morgan fingerprint density at radius 3 is 2.36 bits per heavy atom. The number of aliphatic hydroxyl groups is 2. The Labute approximate surface area is 65.8 Å². The molecule has 4 heteroatoms. The van der Waals surface area contributed by atoms with E-state index in [4.69, 9.17) is 10.2 Å². The zero-order valence-corrected chi connectivity index (χ0v) is 7.00. The topological polar surface area (TPSA) is 66.8 Å². The molecule has 0 heterocycles. The highest BCUT2D eigenvalue weighted by molar-refractivity contribution is 5.76. The fraction of sp³-hybridized carbons (Fsp3) is 0.857. The molecule has 66 valence electrons. The van der Waals surface area contributed by atoms with E-state index in [1.54, 1.807) is 0 Å². The molecule has 0 spiro atoms. The van der Waals surface area contributed by atoms with Crippen molar-refractivity contribution in [2.24, 2.45) is 5.41 Å². The zero-order chi connectivity index (χ0) is 9.07. The molecule has 0 radical (unpaired) electrons. The Bertz CT molecular complexity index is 139. The summed E-state index contributed by atoms with van der Waals surface area (Å²) in [6.07, 6.45) is -1.12. The van der Waals surface area contributed by atoms with E-state index in [9.17, 15) is 4.79 Å². The average Bonchev–Trinajstić information content (AvgIpc) is 1.86. The zero-order valence-electron chi connectivity index (χ0n) is 7.00. The number of esters is 1. The van der Waals surface area contributed by atoms with Gasteiger partial charge in [0, 0.05) is 0 Å². The summed E-state index contributed by atoms with van der Waals surface area (Å²) in [5.41, 5.74) is -0.934. The summed E-state index contributed by atoms with van der Waals surface area (Å²) in [6.45, 7) is 4.12. The molecule has 0 rings (SSSR count). The van der Waals surface area contributed by atoms with Crippen molar-refractivity contribution in [3.05, 3.63) is 0 Å². The van der Waals surface area contributed by atoms with Crippen molar-refractivity contribution in [1.29, 1.82) is 0 Å². The van der Waals surface area contributed by atoms with E-state index < -0.39 is 17.7 Å². The van der Waals surface area contributed by atoms with Gasteiger partial charge in [-0.1, -0.05) is 0 Å². The molecule has 1 atom stereocenters. The first-order valence-corrected chi connectivity index (χ1v) is 3.40. The summed E-state index contributed by atoms with van der Waals surface area (Å²) in [5, 5.41) is 17.4. The van der Waals surface area contributed by atoms with Crippen LogP contribution in [0.1, 0.15) is 20.8 Å². The number of rotatable bonds is 3. The molecular weight excluding hydrogens is 148 g/mol. The molecular formula is C7H14O4. The Morgan fingerprint density at radius 1 is 1.64 bits per heavy atom. The molecule has 11 heavy (non-hydrogen) atoms. The number of carbonyl (C=O) groups is 1. The van der Waals surface area contributed by atoms with Gasteiger partial charge in [-0.2, -0.15) is 0 Å². The van der Waals surface area contributed by atoms with Crippen LogP contribution in [0.25, 0.3) is 0 Å². The smallest absolute Gasteiger partial charge is 0.316 e. The number of hydrogen-bond donors (Lipinski definition) is 2. The molecule has 0 aliphatic heterocycles. The minimum absolute atomic E-state index is 0.293. The van der Waals surface area contributed by atoms with Crippen LogP contribution in [0.2, 0.25) is 0 Å². The SMILES string of the molecule is CC(O)OC(=O)C(C)(C)CO. The largest absolute Gasteiger partial charge is 0.436 e. The van der Waals surface area contributed by atoms with Crippen LogP contribution in [-0.2, 0) is 9.53 Å². The molecule has 0 bridgehead atoms. The molecule has 0 aromatic carbocycles. The molecule has 2 N–H and O–H groups in total. The number of aliphatic hydroxyl groups excluding tert-OH is 2. The van der Waals surface area contributed by atoms with E-state index >= 15 is 0 Å². The lowest BCUT2D eigenvalue weighted by Gasteiger charge is -2.20. The summed E-state index contributed by atoms with van der Waals surface area (Å²) in [4.78, 5) is 11.0. The highest BCUT2D eigenvalue weighted by Gasteiger charge is 2.29. The van der Waals surface area contributed by atoms with Crippen LogP contribution in [0.5, 0.6) is 0 Å². The van der Waals surface area contributed by atoms with E-state index in [1.807, 2.05) is 0 Å². The number of ether oxygens (including phenoxy) is 1. The highest BCUT2D eigenvalue weighted by atomic mass is 16.6. The second kappa shape index (κ2) is 3.69. The minimum atomic E-state index is -1.12. The molecule has 0 saturated carbocycles. The fourth-order valence-electron chi connectivity index (χ4n) is 0.379. The first kappa shape index (κ1) is 10.4. The number of hydrogen-bond acceptors (Lipinski definition) is 4. The van der Waals surface area contributed by atoms with E-state index in [2.05, 4.69) is 4.74 Å². The Hall–Kier alpha value is -0.610. The molecule has 0 aromatic heterocycles. The normalized spacial score (nSPS) is 14.3. The first-order valence-electron chi connectivity index (χ1n) is 3.40. The fourth-order valence-corrected chi connectivity index (χ4v) is 0.379. The lowest BCUT2D eigenvalue weighted by molar-refractivity contribution is -0.177. The van der Waals surface area contributed by atoms with Gasteiger partial charge in [0.05, 0.1) is 12.0 Å². The lowest BCUT2D eigenvalue weighted by atomic mass is 9.95. The molecule has 0 aliphatic rings. The summed E-state index contributed by atoms with van der Waals surface area (Å²) in [6, 6.07) is 0. The predicted molar refractivity (Wildman–Crippen MR) is 38.6 cm³/mol. The van der Waals surface area contributed by atoms with Gasteiger partial charge >= 0.3 is 5.97 Å². The van der Waals surface area contributed by atoms with Crippen LogP contribution in [0.4, 0.5) is 0 Å². The van der Waals surface area contributed by atoms with Gasteiger partial charge in [0.1, 0.15) is 0 Å². The second-order valence-corrected chi connectivity index (χ2v) is 3.05. The maximum absolute atomic E-state index is 11.0. The Morgan fingerprint density at radius 2 is 2.09 bits per heavy atom. The van der Waals surface area contributed by atoms with Crippen molar-refractivity contribution >= 4 is 5.97 Å². The van der Waals surface area contributed by atoms with Gasteiger partial charge in [-0.3, -0.25) is 4.79 Å². The van der Waals surface area contributed by atoms with Crippen LogP contribution >= 0.6 is 0 Å². The maximum Gasteiger partial charge on any atom is 0.316 e. The Balaban J connectivity index is 4.02. The van der Waals surface area contributed by atoms with Crippen molar-refractivity contribution < 1.29 is 19.7 Å². The Kier molecular flexibility index (Phi) is 3.48. The molecule has 0 aliphatic carbocycles. The lowest BCUT2D eigenvalue weighted by Crippen LogP contribution is -2.32. The van der Waals surface area contributed by atoms with Crippen LogP contribution in [0.3, 0.4) is 0 Å². The summed E-state index contributed by atoms with van der Waals surface area (Å²) >= 11 is 0. The third kappa shape index (κ3) is 3.34. The van der Waals surface area contributed by atoms with Gasteiger partial charge < -0.3 is 14.9 Å². The van der Waals surface area contributed by atoms with E-state index in [0.717, 1.165) is 0 Å². The molecule has 0 fully saturated rings. The molecule has 4 nitrogen and oxygen atoms in total. The van der Waals surface area contributed by atoms with E-state index in [-0.39, 0.29) is 6.61 Å². The third-order valence-electron chi connectivity index (χ3n) is 1.23. The quantitative estimate of drug-likeness (QED) is 0.448. The van der Waals surface area contributed by atoms with E-state index in [1.165, 1.54) is 20.8 Å². The summed E-state index contributed by atoms with van der Waals surface area (Å²) < 4.78 is 4.46. The van der Waals surface area contributed by atoms with Crippen molar-refractivity contribution in [2.45, 2.75) is 27.1 Å². The van der Waals surface area contributed by atoms with Crippen molar-refractivity contribution in [1.82, 2.24) is 0 Å². The first-order chi connectivity index (χ1) is 4.90. The van der Waals surface area contributed by atoms with Gasteiger partial charge in [-0.25, -0.2) is 0 Å². The minimum Gasteiger partial charge on any atom is -0.436 e. The molecule has 0 aromatic rings. The van der Waals surface area contributed by atoms with Crippen LogP contribution in [-0.4, -0.2) is 29.1 Å². The number of carbonyl (C=O) groups excluding carboxylic acids is 1. The predicted octanol–water partition coefficient (Wildman–Crippen LogP) is -0.114. The van der Waals surface area contributed by atoms with Gasteiger partial charge in [0.2, 0.25) is 0 Å². The molecule has 0 saturated heterocycles. The van der Waals surface area contributed by atoms with Crippen LogP contribution in [0.15, 0.2) is 0 Å². The monoisotopic (exact) mass is 162 g/mol. The summed E-state index contributed by atoms with van der Waals surface area (Å²) in [5.74, 6) is -0.602. The van der Waals surface area contributed by atoms with Crippen LogP contribution < -0.4 is 0 Å². The van der Waals surface area contributed by atoms with Crippen molar-refractivity contribution in [3.8, 4) is 0 Å². The average molecular weight is 162 g/mol. The molecule has 0 amide bonds. The van der Waals surface area contributed by atoms with Gasteiger partial charge in [-0.05, 0) is 20.8 Å². The highest BCUT2D eigenvalue weighted by Crippen LogP contribution is 2.16. The van der Waals surface area contributed by atoms with Crippen molar-refractivity contribution in [2.75, 3.05) is 6.61 Å². The van der Waals surface area contributed by atoms with E-state index in [0.29, 0.717) is 0 Å². The van der Waals surface area contributed by atoms with Gasteiger partial charge in [0.15, 0.2) is 6.29 Å². The third-order valence-corrected chi connectivity index (χ3v) is 1.23. The van der Waals surface area contributed by atoms with Gasteiger partial charge in [-0.15, -0.1) is 0 Å². The summed E-state index contributed by atoms with van der Waals surface area (Å²) in [7, 11) is 0. The standard InChI is InChI=1S/C7H14O4/c1-5(9)11-6(10)7(2,3)4-8/h5,8-9H,4H2,1-3H3. The van der Waals surface area contributed by atoms with Crippen molar-refractivity contribution in [3.63, 3.8) is 0 Å². The maximum atomic E-state index is 11.0. The second-order valence-electron chi connectivity index (χ2n) is 3.05.